The minimum atomic E-state index is -0.163. The summed E-state index contributed by atoms with van der Waals surface area (Å²) in [7, 11) is 0. The Kier molecular flexibility index (Phi) is 3.03. The quantitative estimate of drug-likeness (QED) is 0.793. The SMILES string of the molecule is Cc1ccc(F)c(C(CN)NC2CC2)c1. The normalized spacial score (nSPS) is 17.8. The number of aryl methyl sites for hydroxylation is 1. The lowest BCUT2D eigenvalue weighted by Gasteiger charge is -2.18. The van der Waals surface area contributed by atoms with Crippen molar-refractivity contribution in [3.8, 4) is 0 Å². The van der Waals surface area contributed by atoms with E-state index in [4.69, 9.17) is 5.73 Å². The van der Waals surface area contributed by atoms with Crippen molar-refractivity contribution in [2.24, 2.45) is 5.73 Å². The van der Waals surface area contributed by atoms with E-state index < -0.39 is 0 Å². The number of benzene rings is 1. The highest BCUT2D eigenvalue weighted by Gasteiger charge is 2.25. The van der Waals surface area contributed by atoms with Gasteiger partial charge < -0.3 is 11.1 Å². The molecular formula is C12H17FN2. The van der Waals surface area contributed by atoms with Gasteiger partial charge in [-0.3, -0.25) is 0 Å². The van der Waals surface area contributed by atoms with Gasteiger partial charge in [0.1, 0.15) is 5.82 Å². The van der Waals surface area contributed by atoms with Gasteiger partial charge in [-0.25, -0.2) is 4.39 Å². The van der Waals surface area contributed by atoms with Crippen LogP contribution in [0.4, 0.5) is 4.39 Å². The molecule has 1 aliphatic rings. The van der Waals surface area contributed by atoms with Crippen LogP contribution >= 0.6 is 0 Å². The van der Waals surface area contributed by atoms with Crippen molar-refractivity contribution in [1.82, 2.24) is 5.32 Å². The van der Waals surface area contributed by atoms with Crippen LogP contribution in [0, 0.1) is 12.7 Å². The highest BCUT2D eigenvalue weighted by atomic mass is 19.1. The highest BCUT2D eigenvalue weighted by molar-refractivity contribution is 5.27. The van der Waals surface area contributed by atoms with Crippen LogP contribution in [-0.4, -0.2) is 12.6 Å². The minimum absolute atomic E-state index is 0.0441. The summed E-state index contributed by atoms with van der Waals surface area (Å²) in [5.41, 5.74) is 7.44. The van der Waals surface area contributed by atoms with E-state index in [1.165, 1.54) is 18.9 Å². The average molecular weight is 208 g/mol. The van der Waals surface area contributed by atoms with Crippen molar-refractivity contribution in [2.75, 3.05) is 6.54 Å². The number of hydrogen-bond acceptors (Lipinski definition) is 2. The predicted octanol–water partition coefficient (Wildman–Crippen LogP) is 1.89. The Bertz CT molecular complexity index is 347. The summed E-state index contributed by atoms with van der Waals surface area (Å²) in [5.74, 6) is -0.163. The molecule has 1 saturated carbocycles. The molecule has 3 heteroatoms. The Labute approximate surface area is 89.7 Å². The van der Waals surface area contributed by atoms with Crippen LogP contribution < -0.4 is 11.1 Å². The van der Waals surface area contributed by atoms with Crippen LogP contribution in [-0.2, 0) is 0 Å². The Hall–Kier alpha value is -0.930. The van der Waals surface area contributed by atoms with Crippen molar-refractivity contribution in [3.63, 3.8) is 0 Å². The smallest absolute Gasteiger partial charge is 0.128 e. The molecule has 82 valence electrons. The Morgan fingerprint density at radius 2 is 2.27 bits per heavy atom. The lowest BCUT2D eigenvalue weighted by Crippen LogP contribution is -2.30. The zero-order valence-electron chi connectivity index (χ0n) is 8.96. The maximum absolute atomic E-state index is 13.6. The Morgan fingerprint density at radius 3 is 2.87 bits per heavy atom. The molecule has 1 unspecified atom stereocenters. The van der Waals surface area contributed by atoms with E-state index in [9.17, 15) is 4.39 Å². The molecule has 0 heterocycles. The second kappa shape index (κ2) is 4.29. The molecule has 2 rings (SSSR count). The summed E-state index contributed by atoms with van der Waals surface area (Å²) in [6.45, 7) is 2.41. The fourth-order valence-electron chi connectivity index (χ4n) is 1.75. The summed E-state index contributed by atoms with van der Waals surface area (Å²) in [6, 6.07) is 5.67. The van der Waals surface area contributed by atoms with Gasteiger partial charge in [-0.2, -0.15) is 0 Å². The van der Waals surface area contributed by atoms with Crippen LogP contribution in [0.3, 0.4) is 0 Å². The number of nitrogens with one attached hydrogen (secondary N) is 1. The number of hydrogen-bond donors (Lipinski definition) is 2. The number of rotatable bonds is 4. The van der Waals surface area contributed by atoms with Crippen LogP contribution in [0.5, 0.6) is 0 Å². The second-order valence-corrected chi connectivity index (χ2v) is 4.25. The van der Waals surface area contributed by atoms with Gasteiger partial charge in [-0.15, -0.1) is 0 Å². The molecule has 15 heavy (non-hydrogen) atoms. The maximum Gasteiger partial charge on any atom is 0.128 e. The van der Waals surface area contributed by atoms with E-state index in [1.54, 1.807) is 6.07 Å². The van der Waals surface area contributed by atoms with Crippen molar-refractivity contribution in [2.45, 2.75) is 31.8 Å². The Morgan fingerprint density at radius 1 is 1.53 bits per heavy atom. The zero-order chi connectivity index (χ0) is 10.8. The first-order valence-electron chi connectivity index (χ1n) is 5.43. The molecule has 3 N–H and O–H groups in total. The lowest BCUT2D eigenvalue weighted by atomic mass is 10.0. The topological polar surface area (TPSA) is 38.0 Å². The van der Waals surface area contributed by atoms with E-state index in [1.807, 2.05) is 13.0 Å². The fourth-order valence-corrected chi connectivity index (χ4v) is 1.75. The molecule has 1 fully saturated rings. The van der Waals surface area contributed by atoms with Crippen LogP contribution in [0.2, 0.25) is 0 Å². The third-order valence-electron chi connectivity index (χ3n) is 2.78. The van der Waals surface area contributed by atoms with Gasteiger partial charge in [0.15, 0.2) is 0 Å². The summed E-state index contributed by atoms with van der Waals surface area (Å²) >= 11 is 0. The van der Waals surface area contributed by atoms with Crippen molar-refractivity contribution in [3.05, 3.63) is 35.1 Å². The molecule has 0 amide bonds. The third kappa shape index (κ3) is 2.55. The van der Waals surface area contributed by atoms with Gasteiger partial charge in [0, 0.05) is 24.2 Å². The number of nitrogens with two attached hydrogens (primary N) is 1. The summed E-state index contributed by atoms with van der Waals surface area (Å²) in [6.07, 6.45) is 2.37. The maximum atomic E-state index is 13.6. The molecule has 0 spiro atoms. The summed E-state index contributed by atoms with van der Waals surface area (Å²) in [4.78, 5) is 0. The summed E-state index contributed by atoms with van der Waals surface area (Å²) < 4.78 is 13.6. The Balaban J connectivity index is 2.19. The summed E-state index contributed by atoms with van der Waals surface area (Å²) in [5, 5.41) is 3.36. The zero-order valence-corrected chi connectivity index (χ0v) is 8.96. The van der Waals surface area contributed by atoms with E-state index in [2.05, 4.69) is 5.32 Å². The number of halogens is 1. The lowest BCUT2D eigenvalue weighted by molar-refractivity contribution is 0.503. The van der Waals surface area contributed by atoms with Crippen LogP contribution in [0.15, 0.2) is 18.2 Å². The third-order valence-corrected chi connectivity index (χ3v) is 2.78. The standard InChI is InChI=1S/C12H17FN2/c1-8-2-5-11(13)10(6-8)12(7-14)15-9-3-4-9/h2,5-6,9,12,15H,3-4,7,14H2,1H3. The molecule has 0 aliphatic heterocycles. The molecule has 1 aromatic carbocycles. The molecule has 0 radical (unpaired) electrons. The van der Waals surface area contributed by atoms with Gasteiger partial charge in [0.05, 0.1) is 0 Å². The first kappa shape index (κ1) is 10.6. The van der Waals surface area contributed by atoms with Gasteiger partial charge in [-0.1, -0.05) is 17.7 Å². The largest absolute Gasteiger partial charge is 0.329 e. The van der Waals surface area contributed by atoms with Gasteiger partial charge in [-0.05, 0) is 25.8 Å². The van der Waals surface area contributed by atoms with Crippen molar-refractivity contribution >= 4 is 0 Å². The van der Waals surface area contributed by atoms with Crippen LogP contribution in [0.25, 0.3) is 0 Å². The van der Waals surface area contributed by atoms with Crippen LogP contribution in [0.1, 0.15) is 30.0 Å². The monoisotopic (exact) mass is 208 g/mol. The molecule has 0 saturated heterocycles. The first-order valence-corrected chi connectivity index (χ1v) is 5.43. The minimum Gasteiger partial charge on any atom is -0.329 e. The van der Waals surface area contributed by atoms with E-state index in [0.717, 1.165) is 5.56 Å². The molecule has 1 aromatic rings. The molecule has 1 aliphatic carbocycles. The van der Waals surface area contributed by atoms with E-state index >= 15 is 0 Å². The van der Waals surface area contributed by atoms with E-state index in [0.29, 0.717) is 18.2 Å². The second-order valence-electron chi connectivity index (χ2n) is 4.25. The molecule has 1 atom stereocenters. The molecule has 0 bridgehead atoms. The molecule has 2 nitrogen and oxygen atoms in total. The molecule has 0 aromatic heterocycles. The molecular weight excluding hydrogens is 191 g/mol. The van der Waals surface area contributed by atoms with Gasteiger partial charge in [0.2, 0.25) is 0 Å². The first-order chi connectivity index (χ1) is 7.20. The van der Waals surface area contributed by atoms with Gasteiger partial charge in [0.25, 0.3) is 0 Å². The van der Waals surface area contributed by atoms with Crippen molar-refractivity contribution in [1.29, 1.82) is 0 Å². The average Bonchev–Trinajstić information content (AvgIpc) is 3.02. The van der Waals surface area contributed by atoms with Gasteiger partial charge >= 0.3 is 0 Å². The van der Waals surface area contributed by atoms with Crippen molar-refractivity contribution < 1.29 is 4.39 Å². The predicted molar refractivity (Wildman–Crippen MR) is 59.1 cm³/mol. The fraction of sp³-hybridized carbons (Fsp3) is 0.500. The highest BCUT2D eigenvalue weighted by Crippen LogP contribution is 2.25. The van der Waals surface area contributed by atoms with E-state index in [-0.39, 0.29) is 11.9 Å².